The summed E-state index contributed by atoms with van der Waals surface area (Å²) in [5, 5.41) is 6.80. The van der Waals surface area contributed by atoms with Crippen LogP contribution in [0.2, 0.25) is 0 Å². The van der Waals surface area contributed by atoms with Crippen LogP contribution in [0, 0.1) is 6.92 Å². The summed E-state index contributed by atoms with van der Waals surface area (Å²) in [5.74, 6) is 0.801. The Labute approximate surface area is 125 Å². The van der Waals surface area contributed by atoms with Gasteiger partial charge in [0.25, 0.3) is 0 Å². The Hall–Kier alpha value is -1.19. The molecular weight excluding hydrogens is 264 g/mol. The summed E-state index contributed by atoms with van der Waals surface area (Å²) >= 11 is 1.76. The maximum Gasteiger partial charge on any atom is 0.0947 e. The number of aromatic nitrogens is 1. The number of aryl methyl sites for hydroxylation is 1. The third-order valence-electron chi connectivity index (χ3n) is 4.28. The molecule has 0 radical (unpaired) electrons. The van der Waals surface area contributed by atoms with Gasteiger partial charge in [-0.25, -0.2) is 4.98 Å². The molecule has 106 valence electrons. The number of nitrogens with one attached hydrogen (secondary N) is 1. The summed E-state index contributed by atoms with van der Waals surface area (Å²) in [6.07, 6.45) is 5.09. The normalized spacial score (nSPS) is 16.9. The summed E-state index contributed by atoms with van der Waals surface area (Å²) in [6.45, 7) is 2.06. The van der Waals surface area contributed by atoms with Crippen LogP contribution in [0.1, 0.15) is 53.1 Å². The predicted molar refractivity (Wildman–Crippen MR) is 85.4 cm³/mol. The first-order chi connectivity index (χ1) is 9.76. The van der Waals surface area contributed by atoms with Crippen molar-refractivity contribution in [3.05, 3.63) is 51.5 Å². The van der Waals surface area contributed by atoms with Crippen molar-refractivity contribution < 1.29 is 0 Å². The third kappa shape index (κ3) is 2.94. The Morgan fingerprint density at radius 1 is 1.40 bits per heavy atom. The zero-order chi connectivity index (χ0) is 13.9. The minimum Gasteiger partial charge on any atom is -0.313 e. The summed E-state index contributed by atoms with van der Waals surface area (Å²) in [6, 6.07) is 9.49. The van der Waals surface area contributed by atoms with E-state index >= 15 is 0 Å². The van der Waals surface area contributed by atoms with E-state index in [4.69, 9.17) is 0 Å². The second-order valence-electron chi connectivity index (χ2n) is 5.73. The molecule has 1 aliphatic rings. The Morgan fingerprint density at radius 3 is 2.85 bits per heavy atom. The fraction of sp³-hybridized carbons (Fsp3) is 0.471. The molecule has 1 aliphatic carbocycles. The smallest absolute Gasteiger partial charge is 0.0947 e. The molecule has 1 aromatic heterocycles. The van der Waals surface area contributed by atoms with E-state index in [1.807, 2.05) is 7.05 Å². The quantitative estimate of drug-likeness (QED) is 0.890. The number of nitrogens with zero attached hydrogens (tertiary/aromatic N) is 1. The lowest BCUT2D eigenvalue weighted by Crippen LogP contribution is -2.19. The molecule has 0 bridgehead atoms. The van der Waals surface area contributed by atoms with Crippen LogP contribution in [0.3, 0.4) is 0 Å². The van der Waals surface area contributed by atoms with Crippen LogP contribution >= 0.6 is 11.3 Å². The van der Waals surface area contributed by atoms with Gasteiger partial charge in [-0.2, -0.15) is 0 Å². The van der Waals surface area contributed by atoms with Crippen LogP contribution in [0.15, 0.2) is 29.6 Å². The predicted octanol–water partition coefficient (Wildman–Crippen LogP) is 4.22. The van der Waals surface area contributed by atoms with Crippen LogP contribution in [-0.2, 0) is 6.42 Å². The first-order valence-electron chi connectivity index (χ1n) is 7.44. The van der Waals surface area contributed by atoms with Gasteiger partial charge >= 0.3 is 0 Å². The largest absolute Gasteiger partial charge is 0.313 e. The van der Waals surface area contributed by atoms with E-state index in [1.54, 1.807) is 11.3 Å². The van der Waals surface area contributed by atoms with Crippen molar-refractivity contribution in [3.8, 4) is 0 Å². The molecule has 1 N–H and O–H groups in total. The van der Waals surface area contributed by atoms with Gasteiger partial charge in [0.1, 0.15) is 0 Å². The highest BCUT2D eigenvalue weighted by atomic mass is 32.1. The summed E-state index contributed by atoms with van der Waals surface area (Å²) < 4.78 is 0. The van der Waals surface area contributed by atoms with E-state index in [0.717, 1.165) is 18.0 Å². The standard InChI is InChI=1S/C17H22N2S/c1-12-11-20-17(19-12)10-16(18-2)15-8-4-7-14(9-15)13-5-3-6-13/h4,7-9,11,13,16,18H,3,5-6,10H2,1-2H3. The molecule has 20 heavy (non-hydrogen) atoms. The molecule has 1 unspecified atom stereocenters. The fourth-order valence-electron chi connectivity index (χ4n) is 2.83. The average molecular weight is 286 g/mol. The Bertz CT molecular complexity index is 572. The first kappa shape index (κ1) is 13.8. The van der Waals surface area contributed by atoms with Gasteiger partial charge in [-0.15, -0.1) is 11.3 Å². The average Bonchev–Trinajstić information content (AvgIpc) is 2.80. The second kappa shape index (κ2) is 6.06. The second-order valence-corrected chi connectivity index (χ2v) is 6.67. The molecule has 0 aliphatic heterocycles. The van der Waals surface area contributed by atoms with Gasteiger partial charge in [0.2, 0.25) is 0 Å². The SMILES string of the molecule is CNC(Cc1nc(C)cs1)c1cccc(C2CCC2)c1. The monoisotopic (exact) mass is 286 g/mol. The first-order valence-corrected chi connectivity index (χ1v) is 8.32. The number of hydrogen-bond acceptors (Lipinski definition) is 3. The number of rotatable bonds is 5. The highest BCUT2D eigenvalue weighted by molar-refractivity contribution is 7.09. The minimum absolute atomic E-state index is 0.362. The zero-order valence-electron chi connectivity index (χ0n) is 12.2. The van der Waals surface area contributed by atoms with E-state index < -0.39 is 0 Å². The van der Waals surface area contributed by atoms with Crippen molar-refractivity contribution in [3.63, 3.8) is 0 Å². The molecule has 1 heterocycles. The van der Waals surface area contributed by atoms with Gasteiger partial charge in [-0.1, -0.05) is 30.7 Å². The van der Waals surface area contributed by atoms with Crippen molar-refractivity contribution in [2.45, 2.75) is 44.6 Å². The summed E-state index contributed by atoms with van der Waals surface area (Å²) in [4.78, 5) is 4.59. The fourth-order valence-corrected chi connectivity index (χ4v) is 3.65. The van der Waals surface area contributed by atoms with Gasteiger partial charge in [-0.05, 0) is 43.9 Å². The van der Waals surface area contributed by atoms with Crippen LogP contribution < -0.4 is 5.32 Å². The minimum atomic E-state index is 0.362. The van der Waals surface area contributed by atoms with Gasteiger partial charge in [0.05, 0.1) is 5.01 Å². The van der Waals surface area contributed by atoms with Crippen LogP contribution in [0.25, 0.3) is 0 Å². The molecule has 0 saturated heterocycles. The summed E-state index contributed by atoms with van der Waals surface area (Å²) in [5.41, 5.74) is 4.04. The lowest BCUT2D eigenvalue weighted by Gasteiger charge is -2.27. The molecule has 0 amide bonds. The van der Waals surface area contributed by atoms with Crippen LogP contribution in [0.5, 0.6) is 0 Å². The molecule has 2 aromatic rings. The number of thiazole rings is 1. The van der Waals surface area contributed by atoms with E-state index in [2.05, 4.69) is 46.9 Å². The van der Waals surface area contributed by atoms with Gasteiger partial charge in [-0.3, -0.25) is 0 Å². The maximum atomic E-state index is 4.59. The Kier molecular flexibility index (Phi) is 4.18. The Morgan fingerprint density at radius 2 is 2.25 bits per heavy atom. The number of hydrogen-bond donors (Lipinski definition) is 1. The van der Waals surface area contributed by atoms with Gasteiger partial charge in [0.15, 0.2) is 0 Å². The molecule has 1 atom stereocenters. The molecule has 3 rings (SSSR count). The molecule has 1 fully saturated rings. The van der Waals surface area contributed by atoms with Crippen molar-refractivity contribution >= 4 is 11.3 Å². The van der Waals surface area contributed by atoms with Gasteiger partial charge < -0.3 is 5.32 Å². The van der Waals surface area contributed by atoms with Crippen molar-refractivity contribution in [2.75, 3.05) is 7.05 Å². The third-order valence-corrected chi connectivity index (χ3v) is 5.27. The summed E-state index contributed by atoms with van der Waals surface area (Å²) in [7, 11) is 2.04. The molecule has 1 saturated carbocycles. The molecule has 2 nitrogen and oxygen atoms in total. The number of benzene rings is 1. The van der Waals surface area contributed by atoms with Crippen molar-refractivity contribution in [2.24, 2.45) is 0 Å². The van der Waals surface area contributed by atoms with Crippen molar-refractivity contribution in [1.29, 1.82) is 0 Å². The van der Waals surface area contributed by atoms with E-state index in [0.29, 0.717) is 6.04 Å². The van der Waals surface area contributed by atoms with Crippen LogP contribution in [-0.4, -0.2) is 12.0 Å². The molecule has 3 heteroatoms. The van der Waals surface area contributed by atoms with Gasteiger partial charge in [0, 0.05) is 23.5 Å². The van der Waals surface area contributed by atoms with E-state index in [-0.39, 0.29) is 0 Å². The van der Waals surface area contributed by atoms with E-state index in [9.17, 15) is 0 Å². The Balaban J connectivity index is 1.77. The highest BCUT2D eigenvalue weighted by Gasteiger charge is 2.20. The maximum absolute atomic E-state index is 4.59. The zero-order valence-corrected chi connectivity index (χ0v) is 13.0. The molecule has 1 aromatic carbocycles. The number of likely N-dealkylation sites (N-methyl/N-ethyl adjacent to an activating group) is 1. The van der Waals surface area contributed by atoms with Crippen molar-refractivity contribution in [1.82, 2.24) is 10.3 Å². The van der Waals surface area contributed by atoms with Crippen LogP contribution in [0.4, 0.5) is 0 Å². The topological polar surface area (TPSA) is 24.9 Å². The lowest BCUT2D eigenvalue weighted by molar-refractivity contribution is 0.419. The molecular formula is C17H22N2S. The molecule has 0 spiro atoms. The highest BCUT2D eigenvalue weighted by Crippen LogP contribution is 2.37. The van der Waals surface area contributed by atoms with E-state index in [1.165, 1.54) is 35.4 Å². The lowest BCUT2D eigenvalue weighted by atomic mass is 9.79.